The molecule has 0 aliphatic rings. The summed E-state index contributed by atoms with van der Waals surface area (Å²) >= 11 is 7.58. The first-order valence-corrected chi connectivity index (χ1v) is 7.43. The molecule has 6 heteroatoms. The maximum absolute atomic E-state index is 11.5. The standard InChI is InChI=1S/C13H18ClNO3S/c14-11-3-1-2-4-12(11)19-10-5-13(17)15-6-8-18-9-7-16/h1-4,16H,5-10H2,(H,15,17). The van der Waals surface area contributed by atoms with Crippen molar-refractivity contribution < 1.29 is 14.6 Å². The van der Waals surface area contributed by atoms with Gasteiger partial charge in [-0.2, -0.15) is 0 Å². The van der Waals surface area contributed by atoms with Crippen molar-refractivity contribution in [2.75, 3.05) is 32.1 Å². The number of rotatable bonds is 9. The van der Waals surface area contributed by atoms with Gasteiger partial charge in [-0.25, -0.2) is 0 Å². The number of hydrogen-bond donors (Lipinski definition) is 2. The van der Waals surface area contributed by atoms with Gasteiger partial charge in [-0.1, -0.05) is 23.7 Å². The van der Waals surface area contributed by atoms with E-state index in [0.717, 1.165) is 4.90 Å². The van der Waals surface area contributed by atoms with Gasteiger partial charge in [0.25, 0.3) is 0 Å². The molecule has 0 radical (unpaired) electrons. The Morgan fingerprint density at radius 3 is 2.89 bits per heavy atom. The van der Waals surface area contributed by atoms with Crippen LogP contribution >= 0.6 is 23.4 Å². The molecule has 0 aliphatic heterocycles. The minimum atomic E-state index is -0.00727. The molecule has 1 aromatic rings. The number of carbonyl (C=O) groups excluding carboxylic acids is 1. The molecule has 106 valence electrons. The molecule has 0 unspecified atom stereocenters. The van der Waals surface area contributed by atoms with Crippen LogP contribution in [-0.2, 0) is 9.53 Å². The van der Waals surface area contributed by atoms with Crippen LogP contribution in [0, 0.1) is 0 Å². The van der Waals surface area contributed by atoms with Gasteiger partial charge in [-0.05, 0) is 12.1 Å². The number of amides is 1. The fourth-order valence-corrected chi connectivity index (χ4v) is 2.52. The minimum absolute atomic E-state index is 0.00240. The molecule has 0 heterocycles. The smallest absolute Gasteiger partial charge is 0.220 e. The highest BCUT2D eigenvalue weighted by molar-refractivity contribution is 7.99. The van der Waals surface area contributed by atoms with Gasteiger partial charge in [0, 0.05) is 23.6 Å². The predicted octanol–water partition coefficient (Wildman–Crippen LogP) is 1.95. The van der Waals surface area contributed by atoms with E-state index in [0.29, 0.717) is 37.0 Å². The van der Waals surface area contributed by atoms with Gasteiger partial charge < -0.3 is 15.2 Å². The molecule has 0 aliphatic carbocycles. The summed E-state index contributed by atoms with van der Waals surface area (Å²) in [6, 6.07) is 7.58. The lowest BCUT2D eigenvalue weighted by Gasteiger charge is -2.06. The van der Waals surface area contributed by atoms with Crippen LogP contribution in [0.25, 0.3) is 0 Å². The first kappa shape index (κ1) is 16.3. The quantitative estimate of drug-likeness (QED) is 0.541. The second kappa shape index (κ2) is 10.1. The lowest BCUT2D eigenvalue weighted by Crippen LogP contribution is -2.27. The van der Waals surface area contributed by atoms with E-state index in [1.165, 1.54) is 0 Å². The van der Waals surface area contributed by atoms with E-state index < -0.39 is 0 Å². The number of halogens is 1. The van der Waals surface area contributed by atoms with Gasteiger partial charge in [0.2, 0.25) is 5.91 Å². The van der Waals surface area contributed by atoms with E-state index in [-0.39, 0.29) is 12.5 Å². The molecular weight excluding hydrogens is 286 g/mol. The summed E-state index contributed by atoms with van der Waals surface area (Å²) < 4.78 is 5.04. The van der Waals surface area contributed by atoms with Gasteiger partial charge >= 0.3 is 0 Å². The van der Waals surface area contributed by atoms with Gasteiger partial charge in [0.15, 0.2) is 0 Å². The van der Waals surface area contributed by atoms with E-state index in [1.807, 2.05) is 24.3 Å². The highest BCUT2D eigenvalue weighted by Crippen LogP contribution is 2.26. The molecule has 0 saturated heterocycles. The van der Waals surface area contributed by atoms with Crippen LogP contribution in [0.15, 0.2) is 29.2 Å². The molecule has 2 N–H and O–H groups in total. The third kappa shape index (κ3) is 7.42. The van der Waals surface area contributed by atoms with Crippen molar-refractivity contribution >= 4 is 29.3 Å². The molecule has 4 nitrogen and oxygen atoms in total. The van der Waals surface area contributed by atoms with E-state index in [1.54, 1.807) is 11.8 Å². The number of thioether (sulfide) groups is 1. The van der Waals surface area contributed by atoms with Crippen molar-refractivity contribution in [3.05, 3.63) is 29.3 Å². The topological polar surface area (TPSA) is 58.6 Å². The number of aliphatic hydroxyl groups excluding tert-OH is 1. The van der Waals surface area contributed by atoms with E-state index >= 15 is 0 Å². The number of hydrogen-bond acceptors (Lipinski definition) is 4. The molecule has 1 aromatic carbocycles. The summed E-state index contributed by atoms with van der Waals surface area (Å²) in [4.78, 5) is 12.5. The van der Waals surface area contributed by atoms with Gasteiger partial charge in [-0.3, -0.25) is 4.79 Å². The zero-order valence-corrected chi connectivity index (χ0v) is 12.2. The Morgan fingerprint density at radius 2 is 2.16 bits per heavy atom. The van der Waals surface area contributed by atoms with Crippen molar-refractivity contribution in [1.82, 2.24) is 5.32 Å². The summed E-state index contributed by atoms with van der Waals surface area (Å²) in [5, 5.41) is 12.0. The lowest BCUT2D eigenvalue weighted by molar-refractivity contribution is -0.120. The molecule has 0 saturated carbocycles. The van der Waals surface area contributed by atoms with Crippen LogP contribution in [0.2, 0.25) is 5.02 Å². The summed E-state index contributed by atoms with van der Waals surface area (Å²) in [6.07, 6.45) is 0.440. The van der Waals surface area contributed by atoms with E-state index in [9.17, 15) is 4.79 Å². The van der Waals surface area contributed by atoms with Crippen molar-refractivity contribution in [3.63, 3.8) is 0 Å². The van der Waals surface area contributed by atoms with Gasteiger partial charge in [-0.15, -0.1) is 11.8 Å². The molecule has 0 aromatic heterocycles. The van der Waals surface area contributed by atoms with Crippen LogP contribution in [0.3, 0.4) is 0 Å². The van der Waals surface area contributed by atoms with Gasteiger partial charge in [0.05, 0.1) is 24.8 Å². The Labute approximate surface area is 122 Å². The van der Waals surface area contributed by atoms with E-state index in [2.05, 4.69) is 5.32 Å². The van der Waals surface area contributed by atoms with Crippen molar-refractivity contribution in [1.29, 1.82) is 0 Å². The largest absolute Gasteiger partial charge is 0.394 e. The van der Waals surface area contributed by atoms with Crippen LogP contribution in [0.4, 0.5) is 0 Å². The Morgan fingerprint density at radius 1 is 1.37 bits per heavy atom. The van der Waals surface area contributed by atoms with Crippen molar-refractivity contribution in [3.8, 4) is 0 Å². The number of aliphatic hydroxyl groups is 1. The van der Waals surface area contributed by atoms with Crippen LogP contribution in [-0.4, -0.2) is 43.1 Å². The Bertz CT molecular complexity index is 390. The Kier molecular flexibility index (Phi) is 8.66. The summed E-state index contributed by atoms with van der Waals surface area (Å²) in [7, 11) is 0. The molecule has 1 amide bonds. The van der Waals surface area contributed by atoms with Crippen LogP contribution in [0.1, 0.15) is 6.42 Å². The maximum atomic E-state index is 11.5. The number of benzene rings is 1. The first-order valence-electron chi connectivity index (χ1n) is 6.06. The number of carbonyl (C=O) groups is 1. The fourth-order valence-electron chi connectivity index (χ4n) is 1.33. The predicted molar refractivity (Wildman–Crippen MR) is 77.7 cm³/mol. The first-order chi connectivity index (χ1) is 9.24. The third-order valence-electron chi connectivity index (χ3n) is 2.23. The highest BCUT2D eigenvalue weighted by Gasteiger charge is 2.03. The second-order valence-electron chi connectivity index (χ2n) is 3.71. The lowest BCUT2D eigenvalue weighted by atomic mass is 10.4. The van der Waals surface area contributed by atoms with Gasteiger partial charge in [0.1, 0.15) is 0 Å². The zero-order chi connectivity index (χ0) is 13.9. The molecule has 19 heavy (non-hydrogen) atoms. The minimum Gasteiger partial charge on any atom is -0.394 e. The molecule has 1 rings (SSSR count). The maximum Gasteiger partial charge on any atom is 0.220 e. The van der Waals surface area contributed by atoms with Crippen LogP contribution in [0.5, 0.6) is 0 Å². The second-order valence-corrected chi connectivity index (χ2v) is 5.26. The van der Waals surface area contributed by atoms with Crippen molar-refractivity contribution in [2.24, 2.45) is 0 Å². The summed E-state index contributed by atoms with van der Waals surface area (Å²) in [5.41, 5.74) is 0. The van der Waals surface area contributed by atoms with Crippen LogP contribution < -0.4 is 5.32 Å². The molecular formula is C13H18ClNO3S. The average molecular weight is 304 g/mol. The van der Waals surface area contributed by atoms with E-state index in [4.69, 9.17) is 21.4 Å². The normalized spacial score (nSPS) is 10.4. The van der Waals surface area contributed by atoms with Crippen molar-refractivity contribution in [2.45, 2.75) is 11.3 Å². The fraction of sp³-hybridized carbons (Fsp3) is 0.462. The molecule has 0 fully saturated rings. The molecule has 0 atom stereocenters. The Hall–Kier alpha value is -0.750. The monoisotopic (exact) mass is 303 g/mol. The third-order valence-corrected chi connectivity index (χ3v) is 3.74. The Balaban J connectivity index is 2.09. The molecule has 0 spiro atoms. The zero-order valence-electron chi connectivity index (χ0n) is 10.6. The summed E-state index contributed by atoms with van der Waals surface area (Å²) in [5.74, 6) is 0.680. The summed E-state index contributed by atoms with van der Waals surface area (Å²) in [6.45, 7) is 1.19. The average Bonchev–Trinajstić information content (AvgIpc) is 2.41. The number of ether oxygens (including phenoxy) is 1. The SMILES string of the molecule is O=C(CCSc1ccccc1Cl)NCCOCCO. The molecule has 0 bridgehead atoms. The number of nitrogens with one attached hydrogen (secondary N) is 1. The highest BCUT2D eigenvalue weighted by atomic mass is 35.5.